The Morgan fingerprint density at radius 1 is 1.09 bits per heavy atom. The van der Waals surface area contributed by atoms with Gasteiger partial charge in [-0.15, -0.1) is 0 Å². The Morgan fingerprint density at radius 2 is 1.86 bits per heavy atom. The summed E-state index contributed by atoms with van der Waals surface area (Å²) in [6.45, 7) is 5.70. The molecule has 0 aliphatic carbocycles. The van der Waals surface area contributed by atoms with Gasteiger partial charge in [0.1, 0.15) is 41.7 Å². The third-order valence-corrected chi connectivity index (χ3v) is 6.53. The first kappa shape index (κ1) is 29.6. The number of aromatic nitrogens is 5. The number of amides is 1. The van der Waals surface area contributed by atoms with E-state index in [1.807, 2.05) is 0 Å². The lowest BCUT2D eigenvalue weighted by molar-refractivity contribution is -0.148. The molecule has 0 saturated carbocycles. The number of ether oxygens (including phenoxy) is 2. The lowest BCUT2D eigenvalue weighted by Gasteiger charge is -2.32. The van der Waals surface area contributed by atoms with Crippen molar-refractivity contribution < 1.29 is 32.4 Å². The molecule has 0 spiro atoms. The number of piperidine rings is 1. The largest absolute Gasteiger partial charge is 0.461 e. The first-order valence-electron chi connectivity index (χ1n) is 13.7. The Balaban J connectivity index is 1.26. The molecule has 43 heavy (non-hydrogen) atoms. The lowest BCUT2D eigenvalue weighted by atomic mass is 10.1. The van der Waals surface area contributed by atoms with Crippen LogP contribution in [-0.2, 0) is 20.8 Å². The van der Waals surface area contributed by atoms with Gasteiger partial charge in [0.05, 0.1) is 18.4 Å². The molecular formula is C29H31F2N7O5. The van der Waals surface area contributed by atoms with E-state index < -0.39 is 29.6 Å². The van der Waals surface area contributed by atoms with Crippen LogP contribution in [0.15, 0.2) is 53.4 Å². The highest BCUT2D eigenvalue weighted by Crippen LogP contribution is 2.28. The van der Waals surface area contributed by atoms with Crippen molar-refractivity contribution in [3.63, 3.8) is 0 Å². The van der Waals surface area contributed by atoms with E-state index in [4.69, 9.17) is 14.0 Å². The minimum Gasteiger partial charge on any atom is -0.461 e. The van der Waals surface area contributed by atoms with Gasteiger partial charge in [-0.2, -0.15) is 5.10 Å². The van der Waals surface area contributed by atoms with Crippen LogP contribution in [0.3, 0.4) is 0 Å². The molecule has 1 N–H and O–H groups in total. The number of esters is 1. The van der Waals surface area contributed by atoms with Crippen molar-refractivity contribution in [2.24, 2.45) is 0 Å². The number of rotatable bonds is 8. The fraction of sp³-hybridized carbons (Fsp3) is 0.379. The number of carbonyl (C=O) groups is 2. The van der Waals surface area contributed by atoms with Crippen molar-refractivity contribution in [3.8, 4) is 22.9 Å². The van der Waals surface area contributed by atoms with Gasteiger partial charge in [-0.05, 0) is 32.9 Å². The van der Waals surface area contributed by atoms with E-state index in [9.17, 15) is 18.4 Å². The zero-order valence-electron chi connectivity index (χ0n) is 23.9. The van der Waals surface area contributed by atoms with Crippen LogP contribution >= 0.6 is 0 Å². The van der Waals surface area contributed by atoms with Crippen LogP contribution in [0.4, 0.5) is 19.4 Å². The summed E-state index contributed by atoms with van der Waals surface area (Å²) in [7, 11) is 0. The number of nitrogens with one attached hydrogen (secondary N) is 1. The molecule has 226 valence electrons. The van der Waals surface area contributed by atoms with E-state index in [2.05, 4.69) is 25.5 Å². The van der Waals surface area contributed by atoms with Crippen molar-refractivity contribution in [1.29, 1.82) is 0 Å². The van der Waals surface area contributed by atoms with Gasteiger partial charge in [0, 0.05) is 37.6 Å². The lowest BCUT2D eigenvalue weighted by Crippen LogP contribution is -2.41. The van der Waals surface area contributed by atoms with Crippen molar-refractivity contribution in [2.75, 3.05) is 24.5 Å². The van der Waals surface area contributed by atoms with Crippen LogP contribution in [0.5, 0.6) is 0 Å². The Kier molecular flexibility index (Phi) is 8.64. The molecule has 1 aliphatic heterocycles. The number of hydrogen-bond acceptors (Lipinski definition) is 10. The van der Waals surface area contributed by atoms with E-state index >= 15 is 0 Å². The van der Waals surface area contributed by atoms with Crippen molar-refractivity contribution >= 4 is 17.9 Å². The standard InChI is InChI=1S/C29H31F2N7O5/c1-29(2,3)43-28(40)33-16-25(39)42-19-8-11-37(12-9-19)27-21(31)15-32-26(34-27)23-14-24(22-10-13-41-36-22)38(35-23)17-18-6-4-5-7-20(18)30/h4-7,10,13-15,19H,8-9,11-12,16-17H2,1-3H3,(H,33,40). The van der Waals surface area contributed by atoms with Crippen LogP contribution < -0.4 is 10.2 Å². The Hall–Kier alpha value is -4.88. The molecule has 1 aliphatic rings. The summed E-state index contributed by atoms with van der Waals surface area (Å²) in [5.41, 5.74) is 1.11. The first-order chi connectivity index (χ1) is 20.6. The van der Waals surface area contributed by atoms with Gasteiger partial charge < -0.3 is 24.2 Å². The maximum absolute atomic E-state index is 14.9. The molecule has 3 aromatic heterocycles. The van der Waals surface area contributed by atoms with E-state index in [0.717, 1.165) is 6.20 Å². The average Bonchev–Trinajstić information content (AvgIpc) is 3.64. The molecule has 0 bridgehead atoms. The number of hydrogen-bond donors (Lipinski definition) is 1. The second kappa shape index (κ2) is 12.5. The monoisotopic (exact) mass is 595 g/mol. The predicted molar refractivity (Wildman–Crippen MR) is 150 cm³/mol. The quantitative estimate of drug-likeness (QED) is 0.293. The minimum atomic E-state index is -0.709. The van der Waals surface area contributed by atoms with Crippen molar-refractivity contribution in [1.82, 2.24) is 30.2 Å². The Morgan fingerprint density at radius 3 is 2.56 bits per heavy atom. The minimum absolute atomic E-state index is 0.0907. The molecule has 0 atom stereocenters. The number of nitrogens with zero attached hydrogens (tertiary/aromatic N) is 6. The Labute approximate surface area is 246 Å². The van der Waals surface area contributed by atoms with E-state index in [0.29, 0.717) is 48.6 Å². The van der Waals surface area contributed by atoms with Gasteiger partial charge in [0.25, 0.3) is 0 Å². The van der Waals surface area contributed by atoms with Crippen LogP contribution in [0.1, 0.15) is 39.2 Å². The SMILES string of the molecule is CC(C)(C)OC(=O)NCC(=O)OC1CCN(c2nc(-c3cc(-c4ccon4)n(Cc4ccccc4F)n3)ncc2F)CC1. The fourth-order valence-corrected chi connectivity index (χ4v) is 4.56. The molecule has 1 amide bonds. The van der Waals surface area contributed by atoms with E-state index in [1.54, 1.807) is 60.7 Å². The normalized spacial score (nSPS) is 14.0. The third-order valence-electron chi connectivity index (χ3n) is 6.53. The van der Waals surface area contributed by atoms with E-state index in [1.165, 1.54) is 12.3 Å². The molecule has 4 heterocycles. The molecule has 1 saturated heterocycles. The zero-order valence-corrected chi connectivity index (χ0v) is 23.9. The highest BCUT2D eigenvalue weighted by atomic mass is 19.1. The fourth-order valence-electron chi connectivity index (χ4n) is 4.56. The molecule has 1 fully saturated rings. The topological polar surface area (TPSA) is 138 Å². The smallest absolute Gasteiger partial charge is 0.408 e. The molecule has 1 aromatic carbocycles. The second-order valence-corrected chi connectivity index (χ2v) is 10.9. The summed E-state index contributed by atoms with van der Waals surface area (Å²) >= 11 is 0. The number of anilines is 1. The maximum atomic E-state index is 14.9. The number of alkyl carbamates (subject to hydrolysis) is 1. The summed E-state index contributed by atoms with van der Waals surface area (Å²) < 4.78 is 46.5. The zero-order chi connectivity index (χ0) is 30.6. The van der Waals surface area contributed by atoms with Gasteiger partial charge in [-0.25, -0.2) is 23.5 Å². The Bertz CT molecular complexity index is 1580. The van der Waals surface area contributed by atoms with Crippen LogP contribution in [0.25, 0.3) is 22.9 Å². The van der Waals surface area contributed by atoms with Gasteiger partial charge >= 0.3 is 12.1 Å². The molecular weight excluding hydrogens is 564 g/mol. The van der Waals surface area contributed by atoms with Gasteiger partial charge in [0.15, 0.2) is 17.5 Å². The van der Waals surface area contributed by atoms with E-state index in [-0.39, 0.29) is 30.5 Å². The van der Waals surface area contributed by atoms with Crippen LogP contribution in [-0.4, -0.2) is 68.3 Å². The number of halogens is 2. The summed E-state index contributed by atoms with van der Waals surface area (Å²) in [6, 6.07) is 9.71. The number of carbonyl (C=O) groups excluding carboxylic acids is 2. The maximum Gasteiger partial charge on any atom is 0.408 e. The molecule has 14 heteroatoms. The molecule has 4 aromatic rings. The third kappa shape index (κ3) is 7.50. The molecule has 0 unspecified atom stereocenters. The average molecular weight is 596 g/mol. The van der Waals surface area contributed by atoms with Crippen LogP contribution in [0, 0.1) is 11.6 Å². The molecule has 5 rings (SSSR count). The highest BCUT2D eigenvalue weighted by molar-refractivity contribution is 5.78. The highest BCUT2D eigenvalue weighted by Gasteiger charge is 2.27. The van der Waals surface area contributed by atoms with Crippen molar-refractivity contribution in [2.45, 2.75) is 51.9 Å². The predicted octanol–water partition coefficient (Wildman–Crippen LogP) is 4.36. The van der Waals surface area contributed by atoms with Gasteiger partial charge in [0.2, 0.25) is 0 Å². The van der Waals surface area contributed by atoms with Crippen molar-refractivity contribution in [3.05, 3.63) is 66.1 Å². The summed E-state index contributed by atoms with van der Waals surface area (Å²) in [5.74, 6) is -1.31. The van der Waals surface area contributed by atoms with Gasteiger partial charge in [-0.1, -0.05) is 23.4 Å². The molecule has 0 radical (unpaired) electrons. The van der Waals surface area contributed by atoms with Gasteiger partial charge in [-0.3, -0.25) is 9.48 Å². The van der Waals surface area contributed by atoms with Crippen LogP contribution in [0.2, 0.25) is 0 Å². The first-order valence-corrected chi connectivity index (χ1v) is 13.7. The summed E-state index contributed by atoms with van der Waals surface area (Å²) in [6.07, 6.45) is 2.26. The summed E-state index contributed by atoms with van der Waals surface area (Å²) in [5, 5.41) is 10.9. The number of benzene rings is 1. The second-order valence-electron chi connectivity index (χ2n) is 10.9. The molecule has 12 nitrogen and oxygen atoms in total. The summed E-state index contributed by atoms with van der Waals surface area (Å²) in [4.78, 5) is 34.4.